The van der Waals surface area contributed by atoms with Gasteiger partial charge in [-0.2, -0.15) is 4.99 Å². The number of hydrogen-bond donors (Lipinski definition) is 3. The average Bonchev–Trinajstić information content (AvgIpc) is 3.29. The molecule has 160 valence electrons. The summed E-state index contributed by atoms with van der Waals surface area (Å²) in [4.78, 5) is 43.8. The molecule has 0 bridgehead atoms. The van der Waals surface area contributed by atoms with Gasteiger partial charge < -0.3 is 9.73 Å². The van der Waals surface area contributed by atoms with E-state index in [0.717, 1.165) is 31.0 Å². The summed E-state index contributed by atoms with van der Waals surface area (Å²) in [5.41, 5.74) is 1.48. The number of rotatable bonds is 7. The van der Waals surface area contributed by atoms with E-state index in [4.69, 9.17) is 9.83 Å². The maximum Gasteiger partial charge on any atom is 0.313 e. The van der Waals surface area contributed by atoms with E-state index in [1.807, 2.05) is 24.3 Å². The van der Waals surface area contributed by atoms with Crippen molar-refractivity contribution in [3.05, 3.63) is 54.0 Å². The minimum absolute atomic E-state index is 0.0121. The fraction of sp³-hybridized carbons (Fsp3) is 0.238. The second-order valence-electron chi connectivity index (χ2n) is 6.60. The van der Waals surface area contributed by atoms with Crippen molar-refractivity contribution in [2.75, 3.05) is 11.1 Å². The van der Waals surface area contributed by atoms with E-state index in [1.165, 1.54) is 24.0 Å². The Morgan fingerprint density at radius 3 is 2.68 bits per heavy atom. The molecule has 1 aliphatic heterocycles. The van der Waals surface area contributed by atoms with Crippen LogP contribution in [0.1, 0.15) is 35.9 Å². The van der Waals surface area contributed by atoms with Crippen LogP contribution in [0.25, 0.3) is 0 Å². The highest BCUT2D eigenvalue weighted by molar-refractivity contribution is 8.14. The lowest BCUT2D eigenvalue weighted by molar-refractivity contribution is -0.114. The lowest BCUT2D eigenvalue weighted by Crippen LogP contribution is -2.43. The molecule has 0 aliphatic carbocycles. The van der Waals surface area contributed by atoms with Gasteiger partial charge in [0.2, 0.25) is 5.91 Å². The molecule has 0 fully saturated rings. The third-order valence-electron chi connectivity index (χ3n) is 4.22. The van der Waals surface area contributed by atoms with E-state index in [0.29, 0.717) is 5.69 Å². The van der Waals surface area contributed by atoms with Gasteiger partial charge in [-0.05, 0) is 42.7 Å². The van der Waals surface area contributed by atoms with Gasteiger partial charge in [-0.25, -0.2) is 4.99 Å². The zero-order valence-electron chi connectivity index (χ0n) is 16.8. The number of aliphatic imine (C=N–C) groups is 2. The molecule has 0 spiro atoms. The molecule has 3 amide bonds. The van der Waals surface area contributed by atoms with Crippen molar-refractivity contribution in [2.24, 2.45) is 9.98 Å². The number of amides is 3. The zero-order valence-corrected chi connectivity index (χ0v) is 17.6. The van der Waals surface area contributed by atoms with Gasteiger partial charge in [-0.3, -0.25) is 25.1 Å². The maximum absolute atomic E-state index is 12.2. The largest absolute Gasteiger partial charge is 0.459 e. The van der Waals surface area contributed by atoms with Crippen LogP contribution in [0.2, 0.25) is 0 Å². The fourth-order valence-electron chi connectivity index (χ4n) is 2.64. The first-order chi connectivity index (χ1) is 15.0. The van der Waals surface area contributed by atoms with Crippen LogP contribution < -0.4 is 10.6 Å². The number of amidine groups is 2. The Kier molecular flexibility index (Phi) is 7.50. The molecule has 9 nitrogen and oxygen atoms in total. The Labute approximate surface area is 182 Å². The third-order valence-corrected chi connectivity index (χ3v) is 5.09. The molecule has 31 heavy (non-hydrogen) atoms. The number of nitrogens with zero attached hydrogens (tertiary/aromatic N) is 2. The molecule has 0 radical (unpaired) electrons. The molecule has 1 aliphatic rings. The molecular weight excluding hydrogens is 418 g/mol. The van der Waals surface area contributed by atoms with E-state index in [-0.39, 0.29) is 22.6 Å². The van der Waals surface area contributed by atoms with Crippen LogP contribution in [0.4, 0.5) is 5.69 Å². The first kappa shape index (κ1) is 22.2. The monoisotopic (exact) mass is 439 g/mol. The highest BCUT2D eigenvalue weighted by Gasteiger charge is 2.26. The number of thioether (sulfide) groups is 1. The molecule has 0 unspecified atom stereocenters. The van der Waals surface area contributed by atoms with Crippen molar-refractivity contribution in [2.45, 2.75) is 26.2 Å². The topological polar surface area (TPSA) is 137 Å². The first-order valence-electron chi connectivity index (χ1n) is 9.63. The Hall–Kier alpha value is -3.53. The van der Waals surface area contributed by atoms with Gasteiger partial charge in [0, 0.05) is 5.69 Å². The predicted octanol–water partition coefficient (Wildman–Crippen LogP) is 3.04. The lowest BCUT2D eigenvalue weighted by atomic mass is 10.1. The van der Waals surface area contributed by atoms with E-state index >= 15 is 0 Å². The number of carbonyl (C=O) groups is 3. The number of aryl methyl sites for hydroxylation is 1. The van der Waals surface area contributed by atoms with Gasteiger partial charge in [0.25, 0.3) is 5.91 Å². The zero-order chi connectivity index (χ0) is 22.2. The van der Waals surface area contributed by atoms with Crippen LogP contribution >= 0.6 is 11.8 Å². The average molecular weight is 439 g/mol. The summed E-state index contributed by atoms with van der Waals surface area (Å²) in [5, 5.41) is 13.2. The number of carbonyl (C=O) groups excluding carboxylic acids is 3. The maximum atomic E-state index is 12.2. The van der Waals surface area contributed by atoms with Crippen molar-refractivity contribution in [1.29, 1.82) is 5.41 Å². The SMILES string of the molecule is CCCCc1ccc(NC(=O)CSC2=NC(=N)C(=NC(=O)c3ccco3)C(=O)N2)cc1. The first-order valence-corrected chi connectivity index (χ1v) is 10.6. The van der Waals surface area contributed by atoms with Crippen LogP contribution in [0.5, 0.6) is 0 Å². The molecule has 0 atom stereocenters. The summed E-state index contributed by atoms with van der Waals surface area (Å²) in [7, 11) is 0. The molecule has 1 aromatic carbocycles. The number of nitrogens with one attached hydrogen (secondary N) is 3. The van der Waals surface area contributed by atoms with Gasteiger partial charge in [0.15, 0.2) is 22.5 Å². The highest BCUT2D eigenvalue weighted by atomic mass is 32.2. The Morgan fingerprint density at radius 1 is 1.26 bits per heavy atom. The Balaban J connectivity index is 1.53. The molecule has 2 heterocycles. The van der Waals surface area contributed by atoms with Gasteiger partial charge in [0.05, 0.1) is 12.0 Å². The van der Waals surface area contributed by atoms with Crippen molar-refractivity contribution >= 4 is 51.9 Å². The van der Waals surface area contributed by atoms with Gasteiger partial charge in [-0.1, -0.05) is 37.2 Å². The lowest BCUT2D eigenvalue weighted by Gasteiger charge is -2.14. The summed E-state index contributed by atoms with van der Waals surface area (Å²) in [6, 6.07) is 10.6. The standard InChI is InChI=1S/C21H21N5O4S/c1-2-3-5-13-7-9-14(10-8-13)23-16(27)12-31-21-25-18(22)17(20(29)26-21)24-19(28)15-6-4-11-30-15/h4,6-11H,2-3,5,12H2,1H3,(H,23,27)(H2,22,25,26,29). The summed E-state index contributed by atoms with van der Waals surface area (Å²) < 4.78 is 4.92. The van der Waals surface area contributed by atoms with Crippen LogP contribution in [-0.4, -0.2) is 40.2 Å². The number of furan rings is 1. The second-order valence-corrected chi connectivity index (χ2v) is 7.56. The number of unbranched alkanes of at least 4 members (excludes halogenated alkanes) is 1. The highest BCUT2D eigenvalue weighted by Crippen LogP contribution is 2.14. The molecule has 3 N–H and O–H groups in total. The van der Waals surface area contributed by atoms with Crippen molar-refractivity contribution < 1.29 is 18.8 Å². The third kappa shape index (κ3) is 6.22. The summed E-state index contributed by atoms with van der Waals surface area (Å²) in [5.74, 6) is -2.33. The number of hydrogen-bond acceptors (Lipinski definition) is 6. The Morgan fingerprint density at radius 2 is 2.03 bits per heavy atom. The van der Waals surface area contributed by atoms with Crippen molar-refractivity contribution in [1.82, 2.24) is 5.32 Å². The molecule has 3 rings (SSSR count). The molecular formula is C21H21N5O4S. The van der Waals surface area contributed by atoms with Crippen LogP contribution in [-0.2, 0) is 16.0 Å². The van der Waals surface area contributed by atoms with Crippen LogP contribution in [0.15, 0.2) is 57.1 Å². The van der Waals surface area contributed by atoms with Crippen molar-refractivity contribution in [3.8, 4) is 0 Å². The minimum atomic E-state index is -0.786. The quantitative estimate of drug-likeness (QED) is 0.609. The molecule has 10 heteroatoms. The van der Waals surface area contributed by atoms with E-state index in [2.05, 4.69) is 27.5 Å². The Bertz CT molecular complexity index is 1040. The van der Waals surface area contributed by atoms with Crippen molar-refractivity contribution in [3.63, 3.8) is 0 Å². The van der Waals surface area contributed by atoms with E-state index in [9.17, 15) is 14.4 Å². The minimum Gasteiger partial charge on any atom is -0.459 e. The molecule has 0 saturated heterocycles. The smallest absolute Gasteiger partial charge is 0.313 e. The van der Waals surface area contributed by atoms with Gasteiger partial charge >= 0.3 is 5.91 Å². The van der Waals surface area contributed by atoms with E-state index < -0.39 is 23.4 Å². The van der Waals surface area contributed by atoms with Crippen LogP contribution in [0.3, 0.4) is 0 Å². The van der Waals surface area contributed by atoms with E-state index in [1.54, 1.807) is 0 Å². The van der Waals surface area contributed by atoms with Gasteiger partial charge in [0.1, 0.15) is 0 Å². The summed E-state index contributed by atoms with van der Waals surface area (Å²) in [6.45, 7) is 2.14. The number of benzene rings is 1. The predicted molar refractivity (Wildman–Crippen MR) is 120 cm³/mol. The number of anilines is 1. The molecule has 2 aromatic rings. The molecule has 1 aromatic heterocycles. The fourth-order valence-corrected chi connectivity index (χ4v) is 3.30. The second kappa shape index (κ2) is 10.5. The summed E-state index contributed by atoms with van der Waals surface area (Å²) in [6.07, 6.45) is 4.55. The summed E-state index contributed by atoms with van der Waals surface area (Å²) >= 11 is 0.972. The van der Waals surface area contributed by atoms with Crippen LogP contribution in [0, 0.1) is 5.41 Å². The van der Waals surface area contributed by atoms with Gasteiger partial charge in [-0.15, -0.1) is 0 Å². The normalized spacial score (nSPS) is 14.9. The molecule has 0 saturated carbocycles.